The fourth-order valence-electron chi connectivity index (χ4n) is 6.40. The molecule has 6 aromatic rings. The lowest BCUT2D eigenvalue weighted by Crippen LogP contribution is -2.48. The molecule has 0 bridgehead atoms. The van der Waals surface area contributed by atoms with Gasteiger partial charge in [-0.3, -0.25) is 0 Å². The first kappa shape index (κ1) is 42.7. The Kier molecular flexibility index (Phi) is 13.0. The maximum Gasteiger partial charge on any atom is 0.246 e. The second-order valence-electron chi connectivity index (χ2n) is 13.2. The van der Waals surface area contributed by atoms with E-state index in [1.165, 1.54) is 31.3 Å². The third-order valence-corrected chi connectivity index (χ3v) is 15.7. The van der Waals surface area contributed by atoms with E-state index >= 15 is 0 Å². The number of hydrogen-bond donors (Lipinski definition) is 0. The molecule has 20 heteroatoms. The Morgan fingerprint density at radius 2 is 1.03 bits per heavy atom. The molecule has 0 amide bonds. The van der Waals surface area contributed by atoms with Crippen molar-refractivity contribution in [1.29, 1.82) is 0 Å². The van der Waals surface area contributed by atoms with Gasteiger partial charge in [-0.05, 0) is 48.5 Å². The molecule has 310 valence electrons. The summed E-state index contributed by atoms with van der Waals surface area (Å²) >= 11 is 6.43. The topological polar surface area (TPSA) is 116 Å². The molecule has 0 unspecified atom stereocenters. The van der Waals surface area contributed by atoms with E-state index in [1.54, 1.807) is 7.11 Å². The number of rotatable bonds is 9. The lowest BCUT2D eigenvalue weighted by molar-refractivity contribution is 0.381. The summed E-state index contributed by atoms with van der Waals surface area (Å²) in [6.07, 6.45) is 0. The Morgan fingerprint density at radius 1 is 0.593 bits per heavy atom. The molecule has 0 atom stereocenters. The van der Waals surface area contributed by atoms with Crippen molar-refractivity contribution in [3.05, 3.63) is 123 Å². The number of nitrogens with zero attached hydrogens (tertiary/aromatic N) is 6. The molecule has 4 aromatic carbocycles. The van der Waals surface area contributed by atoms with E-state index in [-0.39, 0.29) is 26.2 Å². The predicted octanol–water partition coefficient (Wildman–Crippen LogP) is 7.97. The number of benzene rings is 4. The van der Waals surface area contributed by atoms with Crippen LogP contribution in [0.15, 0.2) is 110 Å². The highest BCUT2D eigenvalue weighted by Crippen LogP contribution is 2.32. The maximum atomic E-state index is 14.0. The Labute approximate surface area is 355 Å². The lowest BCUT2D eigenvalue weighted by atomic mass is 10.2. The van der Waals surface area contributed by atoms with E-state index in [0.29, 0.717) is 38.3 Å². The number of hydrogen-bond acceptors (Lipinski definition) is 11. The summed E-state index contributed by atoms with van der Waals surface area (Å²) < 4.78 is 114. The van der Waals surface area contributed by atoms with E-state index < -0.39 is 53.1 Å². The number of halogens is 5. The monoisotopic (exact) mass is 950 g/mol. The van der Waals surface area contributed by atoms with Gasteiger partial charge < -0.3 is 14.5 Å². The van der Waals surface area contributed by atoms with Gasteiger partial charge in [0.05, 0.1) is 18.5 Å². The highest BCUT2D eigenvalue weighted by atomic mass is 79.9. The molecule has 11 nitrogen and oxygen atoms in total. The number of aromatic nitrogens is 2. The van der Waals surface area contributed by atoms with Crippen molar-refractivity contribution in [2.24, 2.45) is 0 Å². The van der Waals surface area contributed by atoms with Crippen LogP contribution in [0.5, 0.6) is 5.75 Å². The smallest absolute Gasteiger partial charge is 0.246 e. The molecule has 59 heavy (non-hydrogen) atoms. The third kappa shape index (κ3) is 9.64. The van der Waals surface area contributed by atoms with E-state index in [9.17, 15) is 34.4 Å². The van der Waals surface area contributed by atoms with Crippen molar-refractivity contribution in [2.75, 3.05) is 69.3 Å². The first-order chi connectivity index (χ1) is 28.2. The molecule has 2 aliphatic rings. The molecule has 0 aliphatic carbocycles. The normalized spacial score (nSPS) is 15.5. The van der Waals surface area contributed by atoms with Crippen molar-refractivity contribution in [2.45, 2.75) is 9.79 Å². The summed E-state index contributed by atoms with van der Waals surface area (Å²) in [6, 6.07) is 20.5. The summed E-state index contributed by atoms with van der Waals surface area (Å²) in [5, 5.41) is 5.51. The standard InChI is InChI=1S/C20H19F2N3O3S2.C19H16BrF2N3O2S2/c1-28-16-4-2-3-14(11-16)18-13-29-20(23-18)24-7-9-25(10-8-24)30(26,27)19-6-5-15(21)12-17(19)22;20-14-3-1-2-13(10-14)17-12-28-19(23-17)24-6-8-25(9-7-24)29(26,27)18-5-4-15(21)11-16(18)22/h2-6,11-13H,7-10H2,1H3;1-5,10-12H,6-9H2. The molecular weight excluding hydrogens is 917 g/mol. The zero-order valence-electron chi connectivity index (χ0n) is 31.1. The summed E-state index contributed by atoms with van der Waals surface area (Å²) in [6.45, 7) is 2.50. The van der Waals surface area contributed by atoms with Crippen LogP contribution in [0.3, 0.4) is 0 Å². The predicted molar refractivity (Wildman–Crippen MR) is 224 cm³/mol. The Hall–Kier alpha value is -4.44. The SMILES string of the molecule is COc1cccc(-c2csc(N3CCN(S(=O)(=O)c4ccc(F)cc4F)CC3)n2)c1.O=S(=O)(c1ccc(F)cc1F)N1CCN(c2nc(-c3cccc(Br)c3)cs2)CC1. The van der Waals surface area contributed by atoms with Crippen LogP contribution >= 0.6 is 38.6 Å². The molecule has 4 heterocycles. The van der Waals surface area contributed by atoms with Gasteiger partial charge in [-0.2, -0.15) is 8.61 Å². The van der Waals surface area contributed by atoms with Crippen LogP contribution in [0.2, 0.25) is 0 Å². The quantitative estimate of drug-likeness (QED) is 0.133. The molecular formula is C39H35BrF4N6O5S4. The zero-order valence-corrected chi connectivity index (χ0v) is 36.0. The molecule has 2 aliphatic heterocycles. The number of piperazine rings is 2. The van der Waals surface area contributed by atoms with Gasteiger partial charge in [0, 0.05) is 90.9 Å². The minimum atomic E-state index is -4.03. The van der Waals surface area contributed by atoms with Gasteiger partial charge in [-0.25, -0.2) is 44.4 Å². The first-order valence-electron chi connectivity index (χ1n) is 17.9. The molecule has 2 fully saturated rings. The second-order valence-corrected chi connectivity index (χ2v) is 19.6. The number of thiazole rings is 2. The number of anilines is 2. The first-order valence-corrected chi connectivity index (χ1v) is 23.4. The van der Waals surface area contributed by atoms with Crippen LogP contribution in [0.25, 0.3) is 22.5 Å². The summed E-state index contributed by atoms with van der Waals surface area (Å²) in [5.41, 5.74) is 3.60. The lowest BCUT2D eigenvalue weighted by Gasteiger charge is -2.33. The van der Waals surface area contributed by atoms with Gasteiger partial charge in [-0.15, -0.1) is 22.7 Å². The highest BCUT2D eigenvalue weighted by Gasteiger charge is 2.33. The molecule has 2 aromatic heterocycles. The number of methoxy groups -OCH3 is 1. The van der Waals surface area contributed by atoms with Crippen molar-refractivity contribution in [1.82, 2.24) is 18.6 Å². The van der Waals surface area contributed by atoms with Crippen molar-refractivity contribution in [3.8, 4) is 28.3 Å². The van der Waals surface area contributed by atoms with Crippen LogP contribution in [0.1, 0.15) is 0 Å². The minimum Gasteiger partial charge on any atom is -0.497 e. The average Bonchev–Trinajstić information content (AvgIpc) is 3.93. The molecule has 2 saturated heterocycles. The largest absolute Gasteiger partial charge is 0.497 e. The van der Waals surface area contributed by atoms with E-state index in [4.69, 9.17) is 4.74 Å². The molecule has 0 spiro atoms. The van der Waals surface area contributed by atoms with Crippen molar-refractivity contribution >= 4 is 68.9 Å². The van der Waals surface area contributed by atoms with Gasteiger partial charge in [-0.1, -0.05) is 40.2 Å². The third-order valence-electron chi connectivity index (χ3n) is 9.51. The van der Waals surface area contributed by atoms with E-state index in [1.807, 2.05) is 69.1 Å². The van der Waals surface area contributed by atoms with Gasteiger partial charge in [0.2, 0.25) is 20.0 Å². The maximum absolute atomic E-state index is 14.0. The van der Waals surface area contributed by atoms with Crippen LogP contribution in [0.4, 0.5) is 27.8 Å². The summed E-state index contributed by atoms with van der Waals surface area (Å²) in [7, 11) is -6.43. The molecule has 0 saturated carbocycles. The van der Waals surface area contributed by atoms with Gasteiger partial charge in [0.15, 0.2) is 10.3 Å². The summed E-state index contributed by atoms with van der Waals surface area (Å²) in [4.78, 5) is 12.3. The molecule has 0 radical (unpaired) electrons. The second kappa shape index (κ2) is 18.0. The Morgan fingerprint density at radius 3 is 1.46 bits per heavy atom. The minimum absolute atomic E-state index is 0.188. The van der Waals surface area contributed by atoms with Crippen LogP contribution < -0.4 is 14.5 Å². The van der Waals surface area contributed by atoms with E-state index in [2.05, 4.69) is 25.9 Å². The van der Waals surface area contributed by atoms with Gasteiger partial charge in [0.25, 0.3) is 0 Å². The number of ether oxygens (including phenoxy) is 1. The van der Waals surface area contributed by atoms with Gasteiger partial charge in [0.1, 0.15) is 38.8 Å². The van der Waals surface area contributed by atoms with E-state index in [0.717, 1.165) is 67.3 Å². The average molecular weight is 952 g/mol. The van der Waals surface area contributed by atoms with Crippen molar-refractivity contribution in [3.63, 3.8) is 0 Å². The molecule has 0 N–H and O–H groups in total. The van der Waals surface area contributed by atoms with Crippen LogP contribution in [0, 0.1) is 23.3 Å². The zero-order chi connectivity index (χ0) is 41.9. The van der Waals surface area contributed by atoms with Gasteiger partial charge >= 0.3 is 0 Å². The van der Waals surface area contributed by atoms with Crippen LogP contribution in [-0.4, -0.2) is 94.9 Å². The Balaban J connectivity index is 0.000000179. The number of sulfonamides is 2. The fraction of sp³-hybridized carbons (Fsp3) is 0.231. The highest BCUT2D eigenvalue weighted by molar-refractivity contribution is 9.10. The van der Waals surface area contributed by atoms with Crippen molar-refractivity contribution < 1.29 is 39.1 Å². The summed E-state index contributed by atoms with van der Waals surface area (Å²) in [5.74, 6) is -3.04. The van der Waals surface area contributed by atoms with Crippen LogP contribution in [-0.2, 0) is 20.0 Å². The molecule has 8 rings (SSSR count). The Bertz CT molecular complexity index is 2670. The fourth-order valence-corrected chi connectivity index (χ4v) is 11.5.